The first kappa shape index (κ1) is 9.29. The number of nitrogens with zero attached hydrogens (tertiary/aromatic N) is 2. The van der Waals surface area contributed by atoms with Gasteiger partial charge in [-0.25, -0.2) is 0 Å². The molecule has 1 aliphatic rings. The standard InChI is InChI=1S/C11H15N3/c1-3-7-12-10-5-4-6-11-9(10)8-13-14(11)2/h1,8,10,12H,4-7H2,2H3. The van der Waals surface area contributed by atoms with Crippen molar-refractivity contribution in [2.75, 3.05) is 6.54 Å². The summed E-state index contributed by atoms with van der Waals surface area (Å²) in [5, 5.41) is 7.63. The summed E-state index contributed by atoms with van der Waals surface area (Å²) in [6.45, 7) is 0.638. The van der Waals surface area contributed by atoms with E-state index in [2.05, 4.69) is 16.3 Å². The largest absolute Gasteiger partial charge is 0.299 e. The first-order chi connectivity index (χ1) is 6.83. The van der Waals surface area contributed by atoms with Gasteiger partial charge in [0.2, 0.25) is 0 Å². The summed E-state index contributed by atoms with van der Waals surface area (Å²) < 4.78 is 1.97. The maximum absolute atomic E-state index is 5.24. The van der Waals surface area contributed by atoms with Crippen molar-refractivity contribution >= 4 is 0 Å². The molecule has 1 heterocycles. The lowest BCUT2D eigenvalue weighted by Gasteiger charge is -2.22. The third-order valence-corrected chi connectivity index (χ3v) is 2.83. The van der Waals surface area contributed by atoms with Gasteiger partial charge >= 0.3 is 0 Å². The van der Waals surface area contributed by atoms with Crippen LogP contribution in [0.4, 0.5) is 0 Å². The fourth-order valence-electron chi connectivity index (χ4n) is 2.10. The van der Waals surface area contributed by atoms with Crippen LogP contribution in [0.1, 0.15) is 30.1 Å². The van der Waals surface area contributed by atoms with Gasteiger partial charge < -0.3 is 0 Å². The summed E-state index contributed by atoms with van der Waals surface area (Å²) >= 11 is 0. The van der Waals surface area contributed by atoms with E-state index in [9.17, 15) is 0 Å². The highest BCUT2D eigenvalue weighted by atomic mass is 15.3. The molecular formula is C11H15N3. The molecule has 0 saturated heterocycles. The molecule has 0 fully saturated rings. The minimum absolute atomic E-state index is 0.406. The molecule has 0 radical (unpaired) electrons. The summed E-state index contributed by atoms with van der Waals surface area (Å²) in [6, 6.07) is 0.406. The number of hydrogen-bond donors (Lipinski definition) is 1. The quantitative estimate of drug-likeness (QED) is 0.704. The van der Waals surface area contributed by atoms with Crippen molar-refractivity contribution in [1.29, 1.82) is 0 Å². The van der Waals surface area contributed by atoms with Crippen molar-refractivity contribution < 1.29 is 0 Å². The number of rotatable bonds is 2. The number of aromatic nitrogens is 2. The Balaban J connectivity index is 2.19. The number of nitrogens with one attached hydrogen (secondary N) is 1. The summed E-state index contributed by atoms with van der Waals surface area (Å²) in [5.41, 5.74) is 2.68. The molecule has 3 heteroatoms. The van der Waals surface area contributed by atoms with Crippen molar-refractivity contribution in [2.45, 2.75) is 25.3 Å². The molecule has 1 aromatic rings. The molecule has 1 aromatic heterocycles. The van der Waals surface area contributed by atoms with Gasteiger partial charge in [-0.05, 0) is 19.3 Å². The highest BCUT2D eigenvalue weighted by Crippen LogP contribution is 2.28. The van der Waals surface area contributed by atoms with E-state index in [4.69, 9.17) is 6.42 Å². The number of hydrogen-bond acceptors (Lipinski definition) is 2. The van der Waals surface area contributed by atoms with Gasteiger partial charge in [0.05, 0.1) is 12.7 Å². The molecule has 1 aliphatic carbocycles. The van der Waals surface area contributed by atoms with Gasteiger partial charge in [-0.2, -0.15) is 5.10 Å². The number of fused-ring (bicyclic) bond motifs is 1. The summed E-state index contributed by atoms with van der Waals surface area (Å²) in [5.74, 6) is 2.61. The molecule has 0 bridgehead atoms. The van der Waals surface area contributed by atoms with E-state index in [1.54, 1.807) is 0 Å². The normalized spacial score (nSPS) is 20.1. The van der Waals surface area contributed by atoms with E-state index in [1.165, 1.54) is 24.1 Å². The Morgan fingerprint density at radius 1 is 1.79 bits per heavy atom. The van der Waals surface area contributed by atoms with Crippen molar-refractivity contribution in [1.82, 2.24) is 15.1 Å². The molecule has 0 aromatic carbocycles. The molecule has 0 saturated carbocycles. The van der Waals surface area contributed by atoms with Crippen LogP contribution in [-0.2, 0) is 13.5 Å². The Hall–Kier alpha value is -1.27. The Kier molecular flexibility index (Phi) is 2.55. The third kappa shape index (κ3) is 1.53. The van der Waals surface area contributed by atoms with Crippen molar-refractivity contribution in [3.63, 3.8) is 0 Å². The zero-order valence-electron chi connectivity index (χ0n) is 8.45. The third-order valence-electron chi connectivity index (χ3n) is 2.83. The molecule has 2 rings (SSSR count). The van der Waals surface area contributed by atoms with E-state index < -0.39 is 0 Å². The first-order valence-corrected chi connectivity index (χ1v) is 5.00. The SMILES string of the molecule is C#CCNC1CCCc2c1cnn2C. The Bertz CT molecular complexity index is 359. The second-order valence-corrected chi connectivity index (χ2v) is 3.70. The van der Waals surface area contributed by atoms with E-state index in [0.717, 1.165) is 6.42 Å². The van der Waals surface area contributed by atoms with Gasteiger partial charge in [-0.15, -0.1) is 6.42 Å². The predicted octanol–water partition coefficient (Wildman–Crippen LogP) is 1.02. The Morgan fingerprint density at radius 2 is 2.64 bits per heavy atom. The fraction of sp³-hybridized carbons (Fsp3) is 0.545. The van der Waals surface area contributed by atoms with Crippen LogP contribution in [0, 0.1) is 12.3 Å². The topological polar surface area (TPSA) is 29.9 Å². The highest BCUT2D eigenvalue weighted by Gasteiger charge is 2.22. The van der Waals surface area contributed by atoms with Crippen LogP contribution in [0.2, 0.25) is 0 Å². The van der Waals surface area contributed by atoms with Gasteiger partial charge in [0.15, 0.2) is 0 Å². The molecule has 74 valence electrons. The van der Waals surface area contributed by atoms with Gasteiger partial charge in [-0.1, -0.05) is 5.92 Å². The van der Waals surface area contributed by atoms with Gasteiger partial charge in [0.25, 0.3) is 0 Å². The lowest BCUT2D eigenvalue weighted by molar-refractivity contribution is 0.474. The number of terminal acetylenes is 1. The van der Waals surface area contributed by atoms with Gasteiger partial charge in [0.1, 0.15) is 0 Å². The average molecular weight is 189 g/mol. The lowest BCUT2D eigenvalue weighted by Crippen LogP contribution is -2.25. The molecule has 1 N–H and O–H groups in total. The molecule has 1 unspecified atom stereocenters. The highest BCUT2D eigenvalue weighted by molar-refractivity contribution is 5.24. The summed E-state index contributed by atoms with van der Waals surface area (Å²) in [4.78, 5) is 0. The molecule has 3 nitrogen and oxygen atoms in total. The lowest BCUT2D eigenvalue weighted by atomic mass is 9.93. The Morgan fingerprint density at radius 3 is 3.43 bits per heavy atom. The minimum atomic E-state index is 0.406. The smallest absolute Gasteiger partial charge is 0.0578 e. The summed E-state index contributed by atoms with van der Waals surface area (Å²) in [6.07, 6.45) is 10.7. The number of aryl methyl sites for hydroxylation is 1. The van der Waals surface area contributed by atoms with Crippen LogP contribution >= 0.6 is 0 Å². The zero-order chi connectivity index (χ0) is 9.97. The van der Waals surface area contributed by atoms with E-state index in [-0.39, 0.29) is 0 Å². The van der Waals surface area contributed by atoms with Gasteiger partial charge in [-0.3, -0.25) is 10.00 Å². The molecule has 14 heavy (non-hydrogen) atoms. The monoisotopic (exact) mass is 189 g/mol. The summed E-state index contributed by atoms with van der Waals surface area (Å²) in [7, 11) is 2.00. The zero-order valence-corrected chi connectivity index (χ0v) is 8.45. The van der Waals surface area contributed by atoms with Crippen molar-refractivity contribution in [2.24, 2.45) is 7.05 Å². The average Bonchev–Trinajstić information content (AvgIpc) is 2.58. The first-order valence-electron chi connectivity index (χ1n) is 5.00. The molecule has 0 amide bonds. The molecule has 0 spiro atoms. The fourth-order valence-corrected chi connectivity index (χ4v) is 2.10. The van der Waals surface area contributed by atoms with Crippen molar-refractivity contribution in [3.8, 4) is 12.3 Å². The van der Waals surface area contributed by atoms with Crippen molar-refractivity contribution in [3.05, 3.63) is 17.5 Å². The predicted molar refractivity (Wildman–Crippen MR) is 55.7 cm³/mol. The second-order valence-electron chi connectivity index (χ2n) is 3.70. The van der Waals surface area contributed by atoms with Gasteiger partial charge in [0, 0.05) is 24.3 Å². The van der Waals surface area contributed by atoms with Crippen LogP contribution in [0.5, 0.6) is 0 Å². The maximum Gasteiger partial charge on any atom is 0.0578 e. The van der Waals surface area contributed by atoms with Crippen LogP contribution in [0.25, 0.3) is 0 Å². The van der Waals surface area contributed by atoms with Crippen LogP contribution < -0.4 is 5.32 Å². The van der Waals surface area contributed by atoms with E-state index >= 15 is 0 Å². The van der Waals surface area contributed by atoms with Crippen LogP contribution in [0.3, 0.4) is 0 Å². The van der Waals surface area contributed by atoms with Crippen LogP contribution in [-0.4, -0.2) is 16.3 Å². The second kappa shape index (κ2) is 3.85. The molecule has 1 atom stereocenters. The molecular weight excluding hydrogens is 174 g/mol. The molecule has 0 aliphatic heterocycles. The Labute approximate surface area is 84.5 Å². The van der Waals surface area contributed by atoms with Crippen LogP contribution in [0.15, 0.2) is 6.20 Å². The van der Waals surface area contributed by atoms with E-state index in [1.807, 2.05) is 17.9 Å². The minimum Gasteiger partial charge on any atom is -0.299 e. The van der Waals surface area contributed by atoms with E-state index in [0.29, 0.717) is 12.6 Å². The maximum atomic E-state index is 5.24.